The zero-order chi connectivity index (χ0) is 18.7. The average Bonchev–Trinajstić information content (AvgIpc) is 2.96. The van der Waals surface area contributed by atoms with Gasteiger partial charge in [0.05, 0.1) is 4.90 Å². The first-order valence-electron chi connectivity index (χ1n) is 8.92. The minimum atomic E-state index is -3.51. The fourth-order valence-corrected chi connectivity index (χ4v) is 4.57. The molecule has 0 aliphatic carbocycles. The second-order valence-electron chi connectivity index (χ2n) is 6.57. The van der Waals surface area contributed by atoms with Crippen LogP contribution in [0.4, 0.5) is 0 Å². The van der Waals surface area contributed by atoms with E-state index < -0.39 is 10.0 Å². The van der Waals surface area contributed by atoms with Gasteiger partial charge in [0.25, 0.3) is 0 Å². The second kappa shape index (κ2) is 7.60. The monoisotopic (exact) mass is 371 g/mol. The molecule has 0 saturated carbocycles. The number of fused-ring (bicyclic) bond motifs is 1. The molecule has 6 heteroatoms. The second-order valence-corrected chi connectivity index (χ2v) is 8.30. The Morgan fingerprint density at radius 3 is 2.73 bits per heavy atom. The molecule has 1 N–H and O–H groups in total. The summed E-state index contributed by atoms with van der Waals surface area (Å²) >= 11 is 0. The summed E-state index contributed by atoms with van der Waals surface area (Å²) < 4.78 is 30.2. The summed E-state index contributed by atoms with van der Waals surface area (Å²) in [4.78, 5) is 4.82. The fraction of sp³-hybridized carbons (Fsp3) is 0.350. The predicted octanol–water partition coefficient (Wildman–Crippen LogP) is 3.58. The minimum Gasteiger partial charge on any atom is -0.332 e. The molecule has 1 aromatic carbocycles. The Morgan fingerprint density at radius 1 is 1.15 bits per heavy atom. The lowest BCUT2D eigenvalue weighted by atomic mass is 10.1. The number of hydrogen-bond donors (Lipinski definition) is 1. The van der Waals surface area contributed by atoms with Gasteiger partial charge < -0.3 is 4.57 Å². The molecule has 2 heterocycles. The third-order valence-corrected chi connectivity index (χ3v) is 6.32. The van der Waals surface area contributed by atoms with Crippen LogP contribution < -0.4 is 4.72 Å². The lowest BCUT2D eigenvalue weighted by Gasteiger charge is -2.10. The number of aromatic nitrogens is 2. The maximum absolute atomic E-state index is 12.6. The van der Waals surface area contributed by atoms with Crippen LogP contribution in [0.1, 0.15) is 30.0 Å². The zero-order valence-electron chi connectivity index (χ0n) is 15.5. The standard InChI is InChI=1S/C20H25N3O2S/c1-4-13-23-14-17(18-8-6-11-21-20(18)23)10-12-22-26(24,25)19-9-5-7-15(2)16(19)3/h5-9,11,14,22H,4,10,12-13H2,1-3H3. The van der Waals surface area contributed by atoms with E-state index in [1.807, 2.05) is 32.0 Å². The molecule has 0 aliphatic heterocycles. The highest BCUT2D eigenvalue weighted by Gasteiger charge is 2.17. The van der Waals surface area contributed by atoms with Gasteiger partial charge in [0, 0.05) is 30.9 Å². The molecule has 3 rings (SSSR count). The van der Waals surface area contributed by atoms with Crippen LogP contribution in [0.15, 0.2) is 47.6 Å². The van der Waals surface area contributed by atoms with E-state index in [1.165, 1.54) is 0 Å². The molecule has 0 bridgehead atoms. The molecule has 2 aromatic heterocycles. The Hall–Kier alpha value is -2.18. The molecule has 0 atom stereocenters. The number of nitrogens with zero attached hydrogens (tertiary/aromatic N) is 2. The van der Waals surface area contributed by atoms with Gasteiger partial charge in [-0.25, -0.2) is 18.1 Å². The number of sulfonamides is 1. The van der Waals surface area contributed by atoms with Crippen molar-refractivity contribution in [2.24, 2.45) is 0 Å². The highest BCUT2D eigenvalue weighted by molar-refractivity contribution is 7.89. The van der Waals surface area contributed by atoms with E-state index in [0.29, 0.717) is 17.9 Å². The Bertz CT molecular complexity index is 1020. The van der Waals surface area contributed by atoms with Crippen LogP contribution in [0.2, 0.25) is 0 Å². The predicted molar refractivity (Wildman–Crippen MR) is 105 cm³/mol. The maximum atomic E-state index is 12.6. The summed E-state index contributed by atoms with van der Waals surface area (Å²) in [5, 5.41) is 1.09. The Balaban J connectivity index is 1.78. The third kappa shape index (κ3) is 3.66. The van der Waals surface area contributed by atoms with E-state index in [-0.39, 0.29) is 0 Å². The summed E-state index contributed by atoms with van der Waals surface area (Å²) in [7, 11) is -3.51. The fourth-order valence-electron chi connectivity index (χ4n) is 3.22. The Morgan fingerprint density at radius 2 is 1.96 bits per heavy atom. The van der Waals surface area contributed by atoms with E-state index in [9.17, 15) is 8.42 Å². The van der Waals surface area contributed by atoms with Crippen molar-refractivity contribution in [2.45, 2.75) is 45.1 Å². The van der Waals surface area contributed by atoms with Gasteiger partial charge in [0.2, 0.25) is 10.0 Å². The summed E-state index contributed by atoms with van der Waals surface area (Å²) in [6.07, 6.45) is 5.54. The topological polar surface area (TPSA) is 64.0 Å². The van der Waals surface area contributed by atoms with Crippen LogP contribution in [0, 0.1) is 13.8 Å². The first-order chi connectivity index (χ1) is 12.4. The van der Waals surface area contributed by atoms with Crippen molar-refractivity contribution in [2.75, 3.05) is 6.54 Å². The molecular formula is C20H25N3O2S. The summed E-state index contributed by atoms with van der Waals surface area (Å²) in [5.74, 6) is 0. The van der Waals surface area contributed by atoms with Crippen LogP contribution in [0.5, 0.6) is 0 Å². The summed E-state index contributed by atoms with van der Waals surface area (Å²) in [6, 6.07) is 9.32. The Kier molecular flexibility index (Phi) is 5.44. The van der Waals surface area contributed by atoms with Crippen LogP contribution >= 0.6 is 0 Å². The van der Waals surface area contributed by atoms with E-state index in [1.54, 1.807) is 18.3 Å². The van der Waals surface area contributed by atoms with Gasteiger partial charge in [-0.2, -0.15) is 0 Å². The van der Waals surface area contributed by atoms with Crippen molar-refractivity contribution in [3.8, 4) is 0 Å². The molecule has 26 heavy (non-hydrogen) atoms. The molecular weight excluding hydrogens is 346 g/mol. The van der Waals surface area contributed by atoms with Crippen molar-refractivity contribution in [3.05, 3.63) is 59.4 Å². The molecule has 0 fully saturated rings. The smallest absolute Gasteiger partial charge is 0.240 e. The van der Waals surface area contributed by atoms with E-state index in [4.69, 9.17) is 0 Å². The normalized spacial score (nSPS) is 12.0. The molecule has 0 radical (unpaired) electrons. The van der Waals surface area contributed by atoms with Crippen molar-refractivity contribution in [3.63, 3.8) is 0 Å². The summed E-state index contributed by atoms with van der Waals surface area (Å²) in [6.45, 7) is 7.15. The highest BCUT2D eigenvalue weighted by Crippen LogP contribution is 2.21. The molecule has 5 nitrogen and oxygen atoms in total. The molecule has 138 valence electrons. The third-order valence-electron chi connectivity index (χ3n) is 4.71. The number of benzene rings is 1. The van der Waals surface area contributed by atoms with Crippen molar-refractivity contribution in [1.82, 2.24) is 14.3 Å². The lowest BCUT2D eigenvalue weighted by molar-refractivity contribution is 0.581. The van der Waals surface area contributed by atoms with Gasteiger partial charge in [0.15, 0.2) is 0 Å². The Labute approximate surface area is 155 Å². The summed E-state index contributed by atoms with van der Waals surface area (Å²) in [5.41, 5.74) is 3.84. The van der Waals surface area contributed by atoms with Gasteiger partial charge in [-0.3, -0.25) is 0 Å². The quantitative estimate of drug-likeness (QED) is 0.690. The van der Waals surface area contributed by atoms with Crippen molar-refractivity contribution >= 4 is 21.1 Å². The van der Waals surface area contributed by atoms with Crippen molar-refractivity contribution in [1.29, 1.82) is 0 Å². The van der Waals surface area contributed by atoms with Crippen LogP contribution in [-0.2, 0) is 23.0 Å². The zero-order valence-corrected chi connectivity index (χ0v) is 16.3. The number of rotatable bonds is 7. The number of pyridine rings is 1. The van der Waals surface area contributed by atoms with Gasteiger partial charge in [-0.1, -0.05) is 19.1 Å². The number of nitrogens with one attached hydrogen (secondary N) is 1. The molecule has 0 unspecified atom stereocenters. The van der Waals surface area contributed by atoms with Crippen LogP contribution in [0.25, 0.3) is 11.0 Å². The number of hydrogen-bond acceptors (Lipinski definition) is 3. The first-order valence-corrected chi connectivity index (χ1v) is 10.4. The van der Waals surface area contributed by atoms with E-state index in [0.717, 1.165) is 40.7 Å². The van der Waals surface area contributed by atoms with Gasteiger partial charge in [-0.15, -0.1) is 0 Å². The van der Waals surface area contributed by atoms with Gasteiger partial charge in [0.1, 0.15) is 5.65 Å². The first kappa shape index (κ1) is 18.6. The highest BCUT2D eigenvalue weighted by atomic mass is 32.2. The molecule has 0 spiro atoms. The van der Waals surface area contributed by atoms with Crippen molar-refractivity contribution < 1.29 is 8.42 Å². The molecule has 0 aliphatic rings. The molecule has 3 aromatic rings. The average molecular weight is 372 g/mol. The largest absolute Gasteiger partial charge is 0.332 e. The molecule has 0 amide bonds. The maximum Gasteiger partial charge on any atom is 0.240 e. The molecule has 0 saturated heterocycles. The van der Waals surface area contributed by atoms with Crippen LogP contribution in [0.3, 0.4) is 0 Å². The van der Waals surface area contributed by atoms with Gasteiger partial charge in [-0.05, 0) is 61.6 Å². The SMILES string of the molecule is CCCn1cc(CCNS(=O)(=O)c2cccc(C)c2C)c2cccnc21. The van der Waals surface area contributed by atoms with Crippen LogP contribution in [-0.4, -0.2) is 24.5 Å². The minimum absolute atomic E-state index is 0.354. The van der Waals surface area contributed by atoms with E-state index in [2.05, 4.69) is 27.4 Å². The van der Waals surface area contributed by atoms with E-state index >= 15 is 0 Å². The van der Waals surface area contributed by atoms with Gasteiger partial charge >= 0.3 is 0 Å². The lowest BCUT2D eigenvalue weighted by Crippen LogP contribution is -2.26. The number of aryl methyl sites for hydroxylation is 2.